The van der Waals surface area contributed by atoms with Crippen molar-refractivity contribution in [1.82, 2.24) is 20.4 Å². The lowest BCUT2D eigenvalue weighted by atomic mass is 10.2. The number of nitrogens with zero attached hydrogens (tertiary/aromatic N) is 5. The topological polar surface area (TPSA) is 79.0 Å². The maximum atomic E-state index is 5.51. The van der Waals surface area contributed by atoms with E-state index in [1.165, 1.54) is 0 Å². The van der Waals surface area contributed by atoms with Gasteiger partial charge >= 0.3 is 0 Å². The number of ether oxygens (including phenoxy) is 1. The van der Waals surface area contributed by atoms with Crippen LogP contribution in [0.1, 0.15) is 38.4 Å². The monoisotopic (exact) mass is 528 g/mol. The van der Waals surface area contributed by atoms with Crippen LogP contribution in [0, 0.1) is 0 Å². The first-order valence-corrected chi connectivity index (χ1v) is 10.4. The van der Waals surface area contributed by atoms with Gasteiger partial charge in [-0.25, -0.2) is 0 Å². The van der Waals surface area contributed by atoms with Crippen LogP contribution in [0.4, 0.5) is 5.69 Å². The van der Waals surface area contributed by atoms with Crippen LogP contribution in [0.3, 0.4) is 0 Å². The highest BCUT2D eigenvalue weighted by Crippen LogP contribution is 2.28. The molecule has 1 fully saturated rings. The zero-order valence-electron chi connectivity index (χ0n) is 18.3. The van der Waals surface area contributed by atoms with Crippen molar-refractivity contribution >= 4 is 35.6 Å². The van der Waals surface area contributed by atoms with Gasteiger partial charge in [-0.15, -0.1) is 24.0 Å². The molecule has 2 heterocycles. The maximum absolute atomic E-state index is 5.51. The van der Waals surface area contributed by atoms with Crippen LogP contribution in [-0.4, -0.2) is 67.4 Å². The molecule has 2 aromatic rings. The minimum atomic E-state index is 0. The fraction of sp³-hybridized carbons (Fsp3) is 0.571. The molecule has 0 unspecified atom stereocenters. The molecule has 0 amide bonds. The van der Waals surface area contributed by atoms with E-state index < -0.39 is 0 Å². The van der Waals surface area contributed by atoms with Gasteiger partial charge in [0.2, 0.25) is 5.89 Å². The van der Waals surface area contributed by atoms with Crippen LogP contribution in [0.5, 0.6) is 5.75 Å². The van der Waals surface area contributed by atoms with Gasteiger partial charge in [0.15, 0.2) is 11.8 Å². The number of methoxy groups -OCH3 is 1. The molecule has 1 aromatic heterocycles. The van der Waals surface area contributed by atoms with E-state index in [1.54, 1.807) is 7.11 Å². The molecule has 0 atom stereocenters. The van der Waals surface area contributed by atoms with Crippen molar-refractivity contribution < 1.29 is 9.26 Å². The number of guanidine groups is 1. The highest BCUT2D eigenvalue weighted by molar-refractivity contribution is 14.0. The van der Waals surface area contributed by atoms with Crippen LogP contribution >= 0.6 is 24.0 Å². The molecule has 30 heavy (non-hydrogen) atoms. The lowest BCUT2D eigenvalue weighted by Gasteiger charge is -2.38. The molecule has 3 rings (SSSR count). The number of benzene rings is 1. The Hall–Kier alpha value is -2.04. The zero-order chi connectivity index (χ0) is 20.6. The summed E-state index contributed by atoms with van der Waals surface area (Å²) in [6.45, 7) is 11.3. The fourth-order valence-corrected chi connectivity index (χ4v) is 3.34. The summed E-state index contributed by atoms with van der Waals surface area (Å²) < 4.78 is 10.8. The molecule has 1 aromatic carbocycles. The summed E-state index contributed by atoms with van der Waals surface area (Å²) in [4.78, 5) is 13.9. The van der Waals surface area contributed by atoms with Crippen molar-refractivity contribution in [1.29, 1.82) is 0 Å². The van der Waals surface area contributed by atoms with Crippen molar-refractivity contribution in [3.63, 3.8) is 0 Å². The third-order valence-electron chi connectivity index (χ3n) is 4.93. The molecule has 0 bridgehead atoms. The lowest BCUT2D eigenvalue weighted by molar-refractivity contribution is 0.364. The summed E-state index contributed by atoms with van der Waals surface area (Å²) in [5.41, 5.74) is 1.15. The van der Waals surface area contributed by atoms with Gasteiger partial charge in [0.1, 0.15) is 5.75 Å². The summed E-state index contributed by atoms with van der Waals surface area (Å²) in [7, 11) is 1.72. The van der Waals surface area contributed by atoms with Crippen LogP contribution in [0.25, 0.3) is 0 Å². The average Bonchev–Trinajstić information content (AvgIpc) is 3.22. The summed E-state index contributed by atoms with van der Waals surface area (Å²) >= 11 is 0. The lowest BCUT2D eigenvalue weighted by Crippen LogP contribution is -2.52. The molecule has 0 saturated carbocycles. The van der Waals surface area contributed by atoms with Crippen LogP contribution in [-0.2, 0) is 6.42 Å². The third kappa shape index (κ3) is 6.23. The van der Waals surface area contributed by atoms with E-state index in [9.17, 15) is 0 Å². The molecule has 166 valence electrons. The highest BCUT2D eigenvalue weighted by Gasteiger charge is 2.21. The number of aliphatic imine (C=N–C) groups is 1. The molecule has 9 heteroatoms. The molecule has 0 radical (unpaired) electrons. The largest absolute Gasteiger partial charge is 0.495 e. The Morgan fingerprint density at radius 3 is 2.60 bits per heavy atom. The quantitative estimate of drug-likeness (QED) is 0.336. The van der Waals surface area contributed by atoms with Crippen LogP contribution in [0.2, 0.25) is 0 Å². The first-order chi connectivity index (χ1) is 14.1. The third-order valence-corrected chi connectivity index (χ3v) is 4.93. The Morgan fingerprint density at radius 2 is 1.97 bits per heavy atom. The standard InChI is InChI=1S/C21H32N6O2.HI/c1-5-22-21(23-11-10-19-24-20(16(2)3)25-29-19)27-14-12-26(13-15-27)17-8-6-7-9-18(17)28-4;/h6-9,16H,5,10-15H2,1-4H3,(H,22,23);1H. The van der Waals surface area contributed by atoms with E-state index in [4.69, 9.17) is 14.3 Å². The number of hydrogen-bond donors (Lipinski definition) is 1. The molecule has 0 spiro atoms. The van der Waals surface area contributed by atoms with Gasteiger partial charge in [0, 0.05) is 45.1 Å². The summed E-state index contributed by atoms with van der Waals surface area (Å²) in [6, 6.07) is 8.18. The Morgan fingerprint density at radius 1 is 1.23 bits per heavy atom. The van der Waals surface area contributed by atoms with E-state index in [0.717, 1.165) is 55.9 Å². The minimum absolute atomic E-state index is 0. The minimum Gasteiger partial charge on any atom is -0.495 e. The van der Waals surface area contributed by atoms with E-state index in [0.29, 0.717) is 18.9 Å². The molecule has 1 N–H and O–H groups in total. The van der Waals surface area contributed by atoms with Crippen LogP contribution in [0.15, 0.2) is 33.8 Å². The Balaban J connectivity index is 0.00000320. The maximum Gasteiger partial charge on any atom is 0.228 e. The zero-order valence-corrected chi connectivity index (χ0v) is 20.6. The van der Waals surface area contributed by atoms with Gasteiger partial charge < -0.3 is 24.4 Å². The van der Waals surface area contributed by atoms with Gasteiger partial charge in [-0.2, -0.15) is 4.98 Å². The van der Waals surface area contributed by atoms with E-state index in [1.807, 2.05) is 12.1 Å². The number of anilines is 1. The van der Waals surface area contributed by atoms with Crippen molar-refractivity contribution in [2.45, 2.75) is 33.1 Å². The second-order valence-corrected chi connectivity index (χ2v) is 7.33. The molecule has 1 aliphatic heterocycles. The smallest absolute Gasteiger partial charge is 0.228 e. The number of piperazine rings is 1. The predicted octanol–water partition coefficient (Wildman–Crippen LogP) is 3.15. The molecule has 1 saturated heterocycles. The number of hydrogen-bond acceptors (Lipinski definition) is 6. The number of rotatable bonds is 7. The average molecular weight is 528 g/mol. The first kappa shape index (κ1) is 24.2. The van der Waals surface area contributed by atoms with E-state index in [2.05, 4.69) is 58.2 Å². The summed E-state index contributed by atoms with van der Waals surface area (Å²) in [5.74, 6) is 3.53. The summed E-state index contributed by atoms with van der Waals surface area (Å²) in [6.07, 6.45) is 0.649. The van der Waals surface area contributed by atoms with Gasteiger partial charge in [-0.05, 0) is 19.1 Å². The second kappa shape index (κ2) is 12.0. The van der Waals surface area contributed by atoms with E-state index in [-0.39, 0.29) is 29.9 Å². The second-order valence-electron chi connectivity index (χ2n) is 7.33. The van der Waals surface area contributed by atoms with Gasteiger partial charge in [-0.1, -0.05) is 31.1 Å². The van der Waals surface area contributed by atoms with Gasteiger partial charge in [-0.3, -0.25) is 4.99 Å². The van der Waals surface area contributed by atoms with Crippen LogP contribution < -0.4 is 15.0 Å². The fourth-order valence-electron chi connectivity index (χ4n) is 3.34. The SMILES string of the molecule is CCNC(=NCCc1nc(C(C)C)no1)N1CCN(c2ccccc2OC)CC1.I. The molecule has 0 aliphatic carbocycles. The normalized spacial score (nSPS) is 14.6. The van der Waals surface area contributed by atoms with Gasteiger partial charge in [0.05, 0.1) is 19.3 Å². The van der Waals surface area contributed by atoms with Crippen molar-refractivity contribution in [3.8, 4) is 5.75 Å². The molecular formula is C21H33IN6O2. The number of aromatic nitrogens is 2. The molecule has 1 aliphatic rings. The predicted molar refractivity (Wildman–Crippen MR) is 130 cm³/mol. The van der Waals surface area contributed by atoms with Crippen molar-refractivity contribution in [2.75, 3.05) is 51.3 Å². The van der Waals surface area contributed by atoms with E-state index >= 15 is 0 Å². The number of halogens is 1. The Bertz CT molecular complexity index is 802. The first-order valence-electron chi connectivity index (χ1n) is 10.4. The Kier molecular flexibility index (Phi) is 9.67. The highest BCUT2D eigenvalue weighted by atomic mass is 127. The van der Waals surface area contributed by atoms with Crippen molar-refractivity contribution in [3.05, 3.63) is 36.0 Å². The molecule has 8 nitrogen and oxygen atoms in total. The molecular weight excluding hydrogens is 495 g/mol. The van der Waals surface area contributed by atoms with Gasteiger partial charge in [0.25, 0.3) is 0 Å². The number of nitrogens with one attached hydrogen (secondary N) is 1. The van der Waals surface area contributed by atoms with Crippen molar-refractivity contribution in [2.24, 2.45) is 4.99 Å². The Labute approximate surface area is 196 Å². The summed E-state index contributed by atoms with van der Waals surface area (Å²) in [5, 5.41) is 7.42. The number of para-hydroxylation sites is 2.